The number of aliphatic imine (C=N–C) groups is 1. The first-order valence-corrected chi connectivity index (χ1v) is 9.92. The van der Waals surface area contributed by atoms with Crippen molar-refractivity contribution in [3.8, 4) is 0 Å². The van der Waals surface area contributed by atoms with Crippen molar-refractivity contribution in [2.24, 2.45) is 4.99 Å². The monoisotopic (exact) mass is 428 g/mol. The molecule has 0 unspecified atom stereocenters. The van der Waals surface area contributed by atoms with Gasteiger partial charge in [-0.05, 0) is 48.5 Å². The number of rotatable bonds is 6. The molecule has 0 saturated carbocycles. The number of nitrogens with zero attached hydrogens (tertiary/aromatic N) is 2. The first-order valence-electron chi connectivity index (χ1n) is 9.92. The van der Waals surface area contributed by atoms with E-state index >= 15 is 0 Å². The van der Waals surface area contributed by atoms with E-state index in [1.165, 1.54) is 43.5 Å². The van der Waals surface area contributed by atoms with Crippen LogP contribution in [-0.4, -0.2) is 69.2 Å². The molecule has 9 heteroatoms. The molecule has 2 aromatic rings. The second kappa shape index (κ2) is 11.2. The maximum atomic E-state index is 13.2. The minimum absolute atomic E-state index is 0.252. The van der Waals surface area contributed by atoms with Crippen LogP contribution < -0.4 is 10.6 Å². The first-order chi connectivity index (χ1) is 15.0. The van der Waals surface area contributed by atoms with Gasteiger partial charge in [0.05, 0.1) is 32.4 Å². The van der Waals surface area contributed by atoms with E-state index in [9.17, 15) is 14.0 Å². The molecule has 1 fully saturated rings. The molecule has 2 N–H and O–H groups in total. The third kappa shape index (κ3) is 6.87. The lowest BCUT2D eigenvalue weighted by Crippen LogP contribution is -2.39. The fourth-order valence-corrected chi connectivity index (χ4v) is 2.96. The number of carbonyl (C=O) groups is 2. The Kier molecular flexibility index (Phi) is 8.08. The highest BCUT2D eigenvalue weighted by Gasteiger charge is 2.13. The summed E-state index contributed by atoms with van der Waals surface area (Å²) >= 11 is 0. The van der Waals surface area contributed by atoms with Gasteiger partial charge in [0, 0.05) is 30.9 Å². The number of amides is 1. The lowest BCUT2D eigenvalue weighted by Gasteiger charge is -2.25. The van der Waals surface area contributed by atoms with Gasteiger partial charge < -0.3 is 14.8 Å². The molecule has 0 spiro atoms. The number of morpholine rings is 1. The second-order valence-electron chi connectivity index (χ2n) is 6.84. The Morgan fingerprint density at radius 3 is 2.35 bits per heavy atom. The van der Waals surface area contributed by atoms with Gasteiger partial charge in [0.1, 0.15) is 5.82 Å². The van der Waals surface area contributed by atoms with Crippen molar-refractivity contribution in [3.63, 3.8) is 0 Å². The van der Waals surface area contributed by atoms with Crippen molar-refractivity contribution in [2.75, 3.05) is 51.8 Å². The molecule has 1 aliphatic rings. The first kappa shape index (κ1) is 22.4. The molecule has 0 atom stereocenters. The molecule has 0 bridgehead atoms. The maximum Gasteiger partial charge on any atom is 0.337 e. The van der Waals surface area contributed by atoms with Crippen LogP contribution in [0, 0.1) is 5.82 Å². The highest BCUT2D eigenvalue weighted by molar-refractivity contribution is 6.10. The minimum Gasteiger partial charge on any atom is -0.465 e. The molecule has 164 valence electrons. The largest absolute Gasteiger partial charge is 0.465 e. The van der Waals surface area contributed by atoms with Crippen LogP contribution in [0.2, 0.25) is 0 Å². The van der Waals surface area contributed by atoms with E-state index < -0.39 is 11.9 Å². The number of anilines is 1. The van der Waals surface area contributed by atoms with Gasteiger partial charge in [-0.3, -0.25) is 20.0 Å². The number of hydrogen-bond donors (Lipinski definition) is 2. The second-order valence-corrected chi connectivity index (χ2v) is 6.84. The smallest absolute Gasteiger partial charge is 0.337 e. The number of benzene rings is 2. The van der Waals surface area contributed by atoms with Crippen LogP contribution in [-0.2, 0) is 9.47 Å². The molecule has 0 radical (unpaired) electrons. The summed E-state index contributed by atoms with van der Waals surface area (Å²) in [5.41, 5.74) is 1.30. The lowest BCUT2D eigenvalue weighted by molar-refractivity contribution is 0.0394. The van der Waals surface area contributed by atoms with E-state index in [2.05, 4.69) is 25.3 Å². The molecule has 2 aromatic carbocycles. The van der Waals surface area contributed by atoms with Gasteiger partial charge in [-0.2, -0.15) is 0 Å². The molecular weight excluding hydrogens is 403 g/mol. The van der Waals surface area contributed by atoms with Crippen molar-refractivity contribution in [1.82, 2.24) is 10.2 Å². The van der Waals surface area contributed by atoms with Gasteiger partial charge in [-0.25, -0.2) is 9.18 Å². The number of methoxy groups -OCH3 is 1. The fourth-order valence-electron chi connectivity index (χ4n) is 2.96. The average Bonchev–Trinajstić information content (AvgIpc) is 2.80. The summed E-state index contributed by atoms with van der Waals surface area (Å²) < 4.78 is 23.2. The number of guanidine groups is 1. The zero-order chi connectivity index (χ0) is 22.1. The predicted octanol–water partition coefficient (Wildman–Crippen LogP) is 2.14. The average molecular weight is 428 g/mol. The molecule has 3 rings (SSSR count). The standard InChI is InChI=1S/C22H25FN4O4/c1-30-21(29)17-4-2-16(3-5-17)20(28)26-22(25-19-8-6-18(23)7-9-19)24-10-11-27-12-14-31-15-13-27/h2-9H,10-15H2,1H3,(H2,24,25,26,28). The Morgan fingerprint density at radius 2 is 1.71 bits per heavy atom. The third-order valence-electron chi connectivity index (χ3n) is 4.70. The molecule has 1 heterocycles. The predicted molar refractivity (Wildman–Crippen MR) is 115 cm³/mol. The minimum atomic E-state index is -0.477. The highest BCUT2D eigenvalue weighted by Crippen LogP contribution is 2.09. The number of hydrogen-bond acceptors (Lipinski definition) is 6. The van der Waals surface area contributed by atoms with Crippen LogP contribution in [0.3, 0.4) is 0 Å². The number of nitrogens with one attached hydrogen (secondary N) is 2. The summed E-state index contributed by atoms with van der Waals surface area (Å²) in [6.07, 6.45) is 0. The Bertz CT molecular complexity index is 910. The van der Waals surface area contributed by atoms with Crippen molar-refractivity contribution in [2.45, 2.75) is 0 Å². The zero-order valence-corrected chi connectivity index (χ0v) is 17.3. The SMILES string of the molecule is COC(=O)c1ccc(C(=O)NC(=NCCN2CCOCC2)Nc2ccc(F)cc2)cc1. The molecular formula is C22H25FN4O4. The van der Waals surface area contributed by atoms with Crippen LogP contribution >= 0.6 is 0 Å². The number of halogens is 1. The summed E-state index contributed by atoms with van der Waals surface area (Å²) in [6, 6.07) is 11.9. The van der Waals surface area contributed by atoms with E-state index in [0.29, 0.717) is 36.6 Å². The van der Waals surface area contributed by atoms with Gasteiger partial charge in [0.2, 0.25) is 5.96 Å². The van der Waals surface area contributed by atoms with Crippen molar-refractivity contribution >= 4 is 23.5 Å². The zero-order valence-electron chi connectivity index (χ0n) is 17.3. The van der Waals surface area contributed by atoms with Gasteiger partial charge in [-0.15, -0.1) is 0 Å². The van der Waals surface area contributed by atoms with Crippen LogP contribution in [0.5, 0.6) is 0 Å². The van der Waals surface area contributed by atoms with Gasteiger partial charge in [-0.1, -0.05) is 0 Å². The number of carbonyl (C=O) groups excluding carboxylic acids is 2. The van der Waals surface area contributed by atoms with E-state index in [-0.39, 0.29) is 11.8 Å². The summed E-state index contributed by atoms with van der Waals surface area (Å²) in [5, 5.41) is 5.76. The molecule has 1 amide bonds. The van der Waals surface area contributed by atoms with E-state index in [4.69, 9.17) is 4.74 Å². The summed E-state index contributed by atoms with van der Waals surface area (Å²) in [7, 11) is 1.30. The van der Waals surface area contributed by atoms with Crippen LogP contribution in [0.15, 0.2) is 53.5 Å². The third-order valence-corrected chi connectivity index (χ3v) is 4.70. The molecule has 1 aliphatic heterocycles. The van der Waals surface area contributed by atoms with E-state index in [1.807, 2.05) is 0 Å². The Hall–Kier alpha value is -3.30. The van der Waals surface area contributed by atoms with E-state index in [1.54, 1.807) is 12.1 Å². The Balaban J connectivity index is 1.68. The summed E-state index contributed by atoms with van der Waals surface area (Å²) in [4.78, 5) is 31.0. The Labute approximate surface area is 180 Å². The van der Waals surface area contributed by atoms with E-state index in [0.717, 1.165) is 19.6 Å². The van der Waals surface area contributed by atoms with Crippen molar-refractivity contribution < 1.29 is 23.5 Å². The van der Waals surface area contributed by atoms with Crippen LogP contribution in [0.25, 0.3) is 0 Å². The van der Waals surface area contributed by atoms with Crippen molar-refractivity contribution in [3.05, 3.63) is 65.5 Å². The van der Waals surface area contributed by atoms with Gasteiger partial charge >= 0.3 is 5.97 Å². The molecule has 8 nitrogen and oxygen atoms in total. The molecule has 0 aromatic heterocycles. The quantitative estimate of drug-likeness (QED) is 0.416. The Morgan fingerprint density at radius 1 is 1.06 bits per heavy atom. The maximum absolute atomic E-state index is 13.2. The normalized spacial score (nSPS) is 14.7. The topological polar surface area (TPSA) is 92.3 Å². The summed E-state index contributed by atoms with van der Waals surface area (Å²) in [5.74, 6) is -0.973. The van der Waals surface area contributed by atoms with Crippen LogP contribution in [0.1, 0.15) is 20.7 Å². The molecule has 0 aliphatic carbocycles. The van der Waals surface area contributed by atoms with Gasteiger partial charge in [0.15, 0.2) is 0 Å². The van der Waals surface area contributed by atoms with Crippen LogP contribution in [0.4, 0.5) is 10.1 Å². The highest BCUT2D eigenvalue weighted by atomic mass is 19.1. The molecule has 1 saturated heterocycles. The van der Waals surface area contributed by atoms with Crippen molar-refractivity contribution in [1.29, 1.82) is 0 Å². The fraction of sp³-hybridized carbons (Fsp3) is 0.318. The lowest BCUT2D eigenvalue weighted by atomic mass is 10.1. The van der Waals surface area contributed by atoms with Gasteiger partial charge in [0.25, 0.3) is 5.91 Å². The number of esters is 1. The molecule has 31 heavy (non-hydrogen) atoms. The number of ether oxygens (including phenoxy) is 2. The summed E-state index contributed by atoms with van der Waals surface area (Å²) in [6.45, 7) is 4.27.